The molecule has 1 fully saturated rings. The fourth-order valence-electron chi connectivity index (χ4n) is 4.12. The quantitative estimate of drug-likeness (QED) is 0.279. The Morgan fingerprint density at radius 2 is 1.85 bits per heavy atom. The monoisotopic (exact) mass is 572 g/mol. The SMILES string of the molecule is CC(C)OP(=O)(OC(C)C)N(CC1CN(c2cc(F)c(N3C=CC(=O)CC3)c(F)c2F)C(=O)O1)c1ccon1. The van der Waals surface area contributed by atoms with Crippen LogP contribution >= 0.6 is 7.75 Å². The van der Waals surface area contributed by atoms with E-state index in [1.165, 1.54) is 18.5 Å². The number of ketones is 1. The van der Waals surface area contributed by atoms with Crippen molar-refractivity contribution in [1.82, 2.24) is 5.16 Å². The minimum Gasteiger partial charge on any atom is -0.442 e. The van der Waals surface area contributed by atoms with Gasteiger partial charge in [-0.1, -0.05) is 5.16 Å². The summed E-state index contributed by atoms with van der Waals surface area (Å²) in [5.41, 5.74) is -1.36. The van der Waals surface area contributed by atoms with Crippen molar-refractivity contribution in [2.75, 3.05) is 34.1 Å². The van der Waals surface area contributed by atoms with E-state index >= 15 is 13.2 Å². The molecule has 0 aliphatic carbocycles. The Morgan fingerprint density at radius 3 is 2.41 bits per heavy atom. The molecule has 11 nitrogen and oxygen atoms in total. The summed E-state index contributed by atoms with van der Waals surface area (Å²) in [6.45, 7) is 5.95. The Balaban J connectivity index is 1.61. The van der Waals surface area contributed by atoms with E-state index in [1.807, 2.05) is 0 Å². The highest BCUT2D eigenvalue weighted by Gasteiger charge is 2.43. The number of halogens is 3. The van der Waals surface area contributed by atoms with E-state index < -0.39 is 61.0 Å². The molecule has 3 heterocycles. The lowest BCUT2D eigenvalue weighted by Gasteiger charge is -2.33. The lowest BCUT2D eigenvalue weighted by molar-refractivity contribution is -0.114. The average molecular weight is 572 g/mol. The van der Waals surface area contributed by atoms with Gasteiger partial charge in [-0.25, -0.2) is 22.5 Å². The van der Waals surface area contributed by atoms with Crippen LogP contribution < -0.4 is 14.5 Å². The van der Waals surface area contributed by atoms with Gasteiger partial charge >= 0.3 is 13.8 Å². The summed E-state index contributed by atoms with van der Waals surface area (Å²) in [6, 6.07) is 2.09. The van der Waals surface area contributed by atoms with E-state index in [1.54, 1.807) is 27.7 Å². The van der Waals surface area contributed by atoms with Crippen molar-refractivity contribution >= 4 is 36.8 Å². The molecule has 1 saturated heterocycles. The maximum absolute atomic E-state index is 15.2. The molecule has 2 aliphatic rings. The number of aromatic nitrogens is 1. The number of carbonyl (C=O) groups excluding carboxylic acids is 2. The number of allylic oxidation sites excluding steroid dienone is 1. The van der Waals surface area contributed by atoms with E-state index in [9.17, 15) is 14.2 Å². The summed E-state index contributed by atoms with van der Waals surface area (Å²) >= 11 is 0. The van der Waals surface area contributed by atoms with Crippen molar-refractivity contribution in [3.63, 3.8) is 0 Å². The van der Waals surface area contributed by atoms with Gasteiger partial charge < -0.3 is 14.2 Å². The third-order valence-corrected chi connectivity index (χ3v) is 7.99. The summed E-state index contributed by atoms with van der Waals surface area (Å²) in [5.74, 6) is -4.29. The van der Waals surface area contributed by atoms with Crippen molar-refractivity contribution in [1.29, 1.82) is 0 Å². The molecule has 0 radical (unpaired) electrons. The molecule has 39 heavy (non-hydrogen) atoms. The summed E-state index contributed by atoms with van der Waals surface area (Å²) < 4.78 is 81.7. The highest BCUT2D eigenvalue weighted by molar-refractivity contribution is 7.55. The van der Waals surface area contributed by atoms with Gasteiger partial charge in [0.25, 0.3) is 0 Å². The number of hydrogen-bond donors (Lipinski definition) is 0. The smallest absolute Gasteiger partial charge is 0.437 e. The number of anilines is 3. The highest BCUT2D eigenvalue weighted by atomic mass is 31.2. The first-order valence-electron chi connectivity index (χ1n) is 12.2. The predicted octanol–water partition coefficient (Wildman–Crippen LogP) is 5.17. The summed E-state index contributed by atoms with van der Waals surface area (Å²) in [4.78, 5) is 25.9. The van der Waals surface area contributed by atoms with E-state index in [4.69, 9.17) is 18.3 Å². The number of amides is 1. The number of cyclic esters (lactones) is 1. The predicted molar refractivity (Wildman–Crippen MR) is 134 cm³/mol. The molecule has 0 N–H and O–H groups in total. The van der Waals surface area contributed by atoms with E-state index in [2.05, 4.69) is 5.16 Å². The third kappa shape index (κ3) is 6.13. The van der Waals surface area contributed by atoms with Gasteiger partial charge in [0.2, 0.25) is 0 Å². The van der Waals surface area contributed by atoms with Gasteiger partial charge in [-0.05, 0) is 33.8 Å². The van der Waals surface area contributed by atoms with Crippen molar-refractivity contribution < 1.29 is 45.6 Å². The maximum atomic E-state index is 15.2. The standard InChI is InChI=1S/C24H28F3N4O7P/c1-14(2)37-39(34,38-15(3)4)31(20-7-10-35-28-20)13-17-12-30(24(33)36-17)19-11-18(25)23(22(27)21(19)26)29-8-5-16(32)6-9-29/h5,7-8,10-11,14-15,17H,6,9,12-13H2,1-4H3. The third-order valence-electron chi connectivity index (χ3n) is 5.66. The zero-order valence-corrected chi connectivity index (χ0v) is 22.6. The van der Waals surface area contributed by atoms with Crippen LogP contribution in [0.1, 0.15) is 34.1 Å². The Bertz CT molecular complexity index is 1290. The van der Waals surface area contributed by atoms with E-state index in [0.717, 1.165) is 20.5 Å². The number of hydrogen-bond acceptors (Lipinski definition) is 9. The molecule has 0 saturated carbocycles. The van der Waals surface area contributed by atoms with Crippen LogP contribution in [0.15, 0.2) is 35.2 Å². The van der Waals surface area contributed by atoms with Crippen LogP contribution in [0.2, 0.25) is 0 Å². The molecule has 4 rings (SSSR count). The van der Waals surface area contributed by atoms with E-state index in [0.29, 0.717) is 6.07 Å². The lowest BCUT2D eigenvalue weighted by Crippen LogP contribution is -2.35. The van der Waals surface area contributed by atoms with Crippen molar-refractivity contribution in [2.45, 2.75) is 52.4 Å². The minimum atomic E-state index is -4.08. The van der Waals surface area contributed by atoms with Crippen LogP contribution in [0.4, 0.5) is 35.2 Å². The largest absolute Gasteiger partial charge is 0.442 e. The normalized spacial score (nSPS) is 18.0. The molecular weight excluding hydrogens is 544 g/mol. The number of nitrogens with zero attached hydrogens (tertiary/aromatic N) is 4. The van der Waals surface area contributed by atoms with Gasteiger partial charge in [0.1, 0.15) is 18.1 Å². The second-order valence-electron chi connectivity index (χ2n) is 9.41. The minimum absolute atomic E-state index is 0.00576. The second kappa shape index (κ2) is 11.4. The van der Waals surface area contributed by atoms with E-state index in [-0.39, 0.29) is 37.7 Å². The number of ether oxygens (including phenoxy) is 1. The lowest BCUT2D eigenvalue weighted by atomic mass is 10.1. The van der Waals surface area contributed by atoms with Crippen molar-refractivity contribution in [3.05, 3.63) is 48.1 Å². The van der Waals surface area contributed by atoms with Crippen LogP contribution in [0.3, 0.4) is 0 Å². The Kier molecular flexibility index (Phi) is 8.38. The molecule has 1 aromatic heterocycles. The second-order valence-corrected chi connectivity index (χ2v) is 11.3. The Hall–Kier alpha value is -3.35. The average Bonchev–Trinajstić information content (AvgIpc) is 3.49. The van der Waals surface area contributed by atoms with Gasteiger partial charge in [-0.3, -0.25) is 23.4 Å². The molecule has 0 bridgehead atoms. The van der Waals surface area contributed by atoms with Crippen molar-refractivity contribution in [3.8, 4) is 0 Å². The molecule has 2 aliphatic heterocycles. The molecule has 212 valence electrons. The first-order valence-corrected chi connectivity index (χ1v) is 13.7. The molecule has 1 aromatic carbocycles. The first-order chi connectivity index (χ1) is 18.4. The van der Waals surface area contributed by atoms with Gasteiger partial charge in [0.05, 0.1) is 31.0 Å². The van der Waals surface area contributed by atoms with Crippen LogP contribution in [0.25, 0.3) is 0 Å². The topological polar surface area (TPSA) is 115 Å². The number of benzene rings is 1. The molecular formula is C24H28F3N4O7P. The van der Waals surface area contributed by atoms with Gasteiger partial charge in [0, 0.05) is 31.3 Å². The fraction of sp³-hybridized carbons (Fsp3) is 0.458. The van der Waals surface area contributed by atoms with Crippen LogP contribution in [0.5, 0.6) is 0 Å². The summed E-state index contributed by atoms with van der Waals surface area (Å²) in [5, 5.41) is 3.81. The molecule has 0 spiro atoms. The van der Waals surface area contributed by atoms with Gasteiger partial charge in [-0.2, -0.15) is 0 Å². The highest BCUT2D eigenvalue weighted by Crippen LogP contribution is 2.56. The number of rotatable bonds is 10. The molecule has 15 heteroatoms. The molecule has 1 amide bonds. The summed E-state index contributed by atoms with van der Waals surface area (Å²) in [6.07, 6.45) is 0.361. The zero-order valence-electron chi connectivity index (χ0n) is 21.7. The fourth-order valence-corrected chi connectivity index (χ4v) is 6.20. The Morgan fingerprint density at radius 1 is 1.15 bits per heavy atom. The Labute approximate surface area is 222 Å². The van der Waals surface area contributed by atoms with Gasteiger partial charge in [0.15, 0.2) is 29.1 Å². The van der Waals surface area contributed by atoms with Crippen LogP contribution in [-0.2, 0) is 23.1 Å². The first kappa shape index (κ1) is 28.7. The van der Waals surface area contributed by atoms with Gasteiger partial charge in [-0.15, -0.1) is 0 Å². The maximum Gasteiger partial charge on any atom is 0.437 e. The zero-order chi connectivity index (χ0) is 28.5. The number of carbonyl (C=O) groups is 2. The van der Waals surface area contributed by atoms with Crippen molar-refractivity contribution in [2.24, 2.45) is 0 Å². The molecule has 2 aromatic rings. The van der Waals surface area contributed by atoms with Crippen LogP contribution in [0, 0.1) is 17.5 Å². The summed E-state index contributed by atoms with van der Waals surface area (Å²) in [7, 11) is -4.08. The van der Waals surface area contributed by atoms with Crippen LogP contribution in [-0.4, -0.2) is 55.0 Å². The molecule has 1 unspecified atom stereocenters. The molecule has 1 atom stereocenters.